The van der Waals surface area contributed by atoms with Crippen molar-refractivity contribution in [2.45, 2.75) is 26.2 Å². The fourth-order valence-electron chi connectivity index (χ4n) is 2.48. The SMILES string of the molecule is Cc1cccc(CC(CNC(=O)CCc2ccccn2)C(=O)O)c1. The van der Waals surface area contributed by atoms with Gasteiger partial charge in [-0.2, -0.15) is 0 Å². The molecule has 0 bridgehead atoms. The van der Waals surface area contributed by atoms with Gasteiger partial charge in [-0.05, 0) is 37.5 Å². The highest BCUT2D eigenvalue weighted by Crippen LogP contribution is 2.11. The maximum atomic E-state index is 11.9. The summed E-state index contributed by atoms with van der Waals surface area (Å²) in [6.45, 7) is 2.10. The van der Waals surface area contributed by atoms with Crippen molar-refractivity contribution >= 4 is 11.9 Å². The molecule has 5 heteroatoms. The molecule has 0 spiro atoms. The number of rotatable bonds is 8. The first kappa shape index (κ1) is 17.7. The van der Waals surface area contributed by atoms with E-state index < -0.39 is 11.9 Å². The van der Waals surface area contributed by atoms with Crippen molar-refractivity contribution in [1.29, 1.82) is 0 Å². The predicted molar refractivity (Wildman–Crippen MR) is 91.6 cm³/mol. The molecule has 2 rings (SSSR count). The number of hydrogen-bond acceptors (Lipinski definition) is 3. The number of amides is 1. The fourth-order valence-corrected chi connectivity index (χ4v) is 2.48. The standard InChI is InChI=1S/C19H22N2O3/c1-14-5-4-6-15(11-14)12-16(19(23)24)13-21-18(22)9-8-17-7-2-3-10-20-17/h2-7,10-11,16H,8-9,12-13H2,1H3,(H,21,22)(H,23,24). The highest BCUT2D eigenvalue weighted by atomic mass is 16.4. The molecule has 1 aromatic heterocycles. The first-order valence-corrected chi connectivity index (χ1v) is 7.99. The van der Waals surface area contributed by atoms with Crippen LogP contribution in [-0.4, -0.2) is 28.5 Å². The molecule has 126 valence electrons. The summed E-state index contributed by atoms with van der Waals surface area (Å²) >= 11 is 0. The van der Waals surface area contributed by atoms with E-state index in [0.29, 0.717) is 19.3 Å². The Labute approximate surface area is 141 Å². The molecule has 5 nitrogen and oxygen atoms in total. The van der Waals surface area contributed by atoms with Gasteiger partial charge in [-0.25, -0.2) is 0 Å². The topological polar surface area (TPSA) is 79.3 Å². The number of carboxylic acids is 1. The van der Waals surface area contributed by atoms with Gasteiger partial charge in [-0.15, -0.1) is 0 Å². The van der Waals surface area contributed by atoms with Crippen molar-refractivity contribution in [1.82, 2.24) is 10.3 Å². The summed E-state index contributed by atoms with van der Waals surface area (Å²) in [4.78, 5) is 27.5. The zero-order valence-electron chi connectivity index (χ0n) is 13.7. The van der Waals surface area contributed by atoms with Crippen LogP contribution < -0.4 is 5.32 Å². The van der Waals surface area contributed by atoms with Crippen molar-refractivity contribution < 1.29 is 14.7 Å². The second kappa shape index (κ2) is 8.82. The molecule has 1 aromatic carbocycles. The summed E-state index contributed by atoms with van der Waals surface area (Å²) in [5, 5.41) is 12.1. The van der Waals surface area contributed by atoms with E-state index in [0.717, 1.165) is 16.8 Å². The van der Waals surface area contributed by atoms with Gasteiger partial charge in [-0.3, -0.25) is 14.6 Å². The lowest BCUT2D eigenvalue weighted by Crippen LogP contribution is -2.34. The molecule has 1 unspecified atom stereocenters. The fraction of sp³-hybridized carbons (Fsp3) is 0.316. The van der Waals surface area contributed by atoms with Crippen molar-refractivity contribution in [3.05, 3.63) is 65.5 Å². The molecule has 24 heavy (non-hydrogen) atoms. The Morgan fingerprint density at radius 2 is 2.04 bits per heavy atom. The maximum absolute atomic E-state index is 11.9. The molecule has 1 amide bonds. The zero-order valence-corrected chi connectivity index (χ0v) is 13.7. The monoisotopic (exact) mass is 326 g/mol. The molecular formula is C19H22N2O3. The summed E-state index contributed by atoms with van der Waals surface area (Å²) in [5.41, 5.74) is 2.91. The number of nitrogens with one attached hydrogen (secondary N) is 1. The van der Waals surface area contributed by atoms with Crippen LogP contribution in [-0.2, 0) is 22.4 Å². The average Bonchev–Trinajstić information content (AvgIpc) is 2.57. The van der Waals surface area contributed by atoms with Crippen LogP contribution in [0, 0.1) is 12.8 Å². The van der Waals surface area contributed by atoms with E-state index in [-0.39, 0.29) is 12.5 Å². The van der Waals surface area contributed by atoms with E-state index in [2.05, 4.69) is 10.3 Å². The smallest absolute Gasteiger partial charge is 0.308 e. The van der Waals surface area contributed by atoms with E-state index in [4.69, 9.17) is 0 Å². The Hall–Kier alpha value is -2.69. The van der Waals surface area contributed by atoms with E-state index in [1.54, 1.807) is 6.20 Å². The maximum Gasteiger partial charge on any atom is 0.308 e. The van der Waals surface area contributed by atoms with Gasteiger partial charge in [0.15, 0.2) is 0 Å². The summed E-state index contributed by atoms with van der Waals surface area (Å²) in [6, 6.07) is 13.3. The number of carbonyl (C=O) groups is 2. The van der Waals surface area contributed by atoms with Crippen LogP contribution in [0.5, 0.6) is 0 Å². The van der Waals surface area contributed by atoms with Crippen molar-refractivity contribution in [2.75, 3.05) is 6.54 Å². The van der Waals surface area contributed by atoms with Crippen LogP contribution in [0.15, 0.2) is 48.7 Å². The minimum atomic E-state index is -0.901. The number of carbonyl (C=O) groups excluding carboxylic acids is 1. The highest BCUT2D eigenvalue weighted by Gasteiger charge is 2.19. The number of pyridine rings is 1. The number of nitrogens with zero attached hydrogens (tertiary/aromatic N) is 1. The van der Waals surface area contributed by atoms with Crippen molar-refractivity contribution in [3.8, 4) is 0 Å². The highest BCUT2D eigenvalue weighted by molar-refractivity contribution is 5.77. The molecule has 2 N–H and O–H groups in total. The summed E-state index contributed by atoms with van der Waals surface area (Å²) in [7, 11) is 0. The van der Waals surface area contributed by atoms with Gasteiger partial charge in [-0.1, -0.05) is 35.9 Å². The zero-order chi connectivity index (χ0) is 17.4. The number of aryl methyl sites for hydroxylation is 2. The molecule has 0 saturated carbocycles. The Balaban J connectivity index is 1.82. The van der Waals surface area contributed by atoms with Crippen LogP contribution in [0.2, 0.25) is 0 Å². The van der Waals surface area contributed by atoms with Crippen molar-refractivity contribution in [3.63, 3.8) is 0 Å². The first-order chi connectivity index (χ1) is 11.5. The Morgan fingerprint density at radius 1 is 1.21 bits per heavy atom. The molecule has 0 saturated heterocycles. The minimum absolute atomic E-state index is 0.129. The number of carboxylic acid groups (broad SMARTS) is 1. The third-order valence-electron chi connectivity index (χ3n) is 3.79. The number of benzene rings is 1. The van der Waals surface area contributed by atoms with Crippen LogP contribution in [0.4, 0.5) is 0 Å². The van der Waals surface area contributed by atoms with Crippen LogP contribution >= 0.6 is 0 Å². The first-order valence-electron chi connectivity index (χ1n) is 7.99. The quantitative estimate of drug-likeness (QED) is 0.780. The van der Waals surface area contributed by atoms with Gasteiger partial charge in [0.1, 0.15) is 0 Å². The van der Waals surface area contributed by atoms with Gasteiger partial charge in [0.05, 0.1) is 5.92 Å². The summed E-state index contributed by atoms with van der Waals surface area (Å²) in [5.74, 6) is -1.69. The lowest BCUT2D eigenvalue weighted by Gasteiger charge is -2.14. The molecule has 0 aliphatic rings. The molecule has 2 aromatic rings. The lowest BCUT2D eigenvalue weighted by molar-refractivity contribution is -0.141. The summed E-state index contributed by atoms with van der Waals surface area (Å²) < 4.78 is 0. The Morgan fingerprint density at radius 3 is 2.71 bits per heavy atom. The second-order valence-corrected chi connectivity index (χ2v) is 5.85. The largest absolute Gasteiger partial charge is 0.481 e. The molecule has 0 aliphatic carbocycles. The average molecular weight is 326 g/mol. The van der Waals surface area contributed by atoms with Gasteiger partial charge in [0.25, 0.3) is 0 Å². The Kier molecular flexibility index (Phi) is 6.49. The second-order valence-electron chi connectivity index (χ2n) is 5.85. The van der Waals surface area contributed by atoms with Crippen LogP contribution in [0.25, 0.3) is 0 Å². The molecule has 1 heterocycles. The van der Waals surface area contributed by atoms with Gasteiger partial charge < -0.3 is 10.4 Å². The third-order valence-corrected chi connectivity index (χ3v) is 3.79. The molecular weight excluding hydrogens is 304 g/mol. The molecule has 0 radical (unpaired) electrons. The Bertz CT molecular complexity index is 686. The van der Waals surface area contributed by atoms with E-state index in [9.17, 15) is 14.7 Å². The van der Waals surface area contributed by atoms with E-state index in [1.165, 1.54) is 0 Å². The lowest BCUT2D eigenvalue weighted by atomic mass is 9.98. The molecule has 0 fully saturated rings. The normalized spacial score (nSPS) is 11.7. The molecule has 0 aliphatic heterocycles. The van der Waals surface area contributed by atoms with Gasteiger partial charge in [0, 0.05) is 24.9 Å². The van der Waals surface area contributed by atoms with Gasteiger partial charge in [0.2, 0.25) is 5.91 Å². The van der Waals surface area contributed by atoms with Crippen molar-refractivity contribution in [2.24, 2.45) is 5.92 Å². The summed E-state index contributed by atoms with van der Waals surface area (Å²) in [6.07, 6.45) is 2.93. The molecule has 1 atom stereocenters. The van der Waals surface area contributed by atoms with Crippen LogP contribution in [0.1, 0.15) is 23.2 Å². The number of aromatic nitrogens is 1. The van der Waals surface area contributed by atoms with Crippen LogP contribution in [0.3, 0.4) is 0 Å². The number of aliphatic carboxylic acids is 1. The third kappa shape index (κ3) is 5.83. The predicted octanol–water partition coefficient (Wildman–Crippen LogP) is 2.38. The minimum Gasteiger partial charge on any atom is -0.481 e. The van der Waals surface area contributed by atoms with Gasteiger partial charge >= 0.3 is 5.97 Å². The van der Waals surface area contributed by atoms with E-state index >= 15 is 0 Å². The van der Waals surface area contributed by atoms with E-state index in [1.807, 2.05) is 49.4 Å². The number of hydrogen-bond donors (Lipinski definition) is 2.